The molecular formula is C12H9NO5. The lowest BCUT2D eigenvalue weighted by Crippen LogP contribution is -2.18. The third kappa shape index (κ3) is 1.35. The number of fused-ring (bicyclic) bond motifs is 2. The number of nitrogens with one attached hydrogen (secondary N) is 1. The van der Waals surface area contributed by atoms with E-state index in [-0.39, 0.29) is 17.7 Å². The van der Waals surface area contributed by atoms with Gasteiger partial charge in [0.25, 0.3) is 0 Å². The van der Waals surface area contributed by atoms with E-state index < -0.39 is 11.4 Å². The van der Waals surface area contributed by atoms with Gasteiger partial charge in [0.05, 0.1) is 10.9 Å². The number of H-pyrrole nitrogens is 1. The smallest absolute Gasteiger partial charge is 0.341 e. The van der Waals surface area contributed by atoms with Gasteiger partial charge in [0.15, 0.2) is 11.5 Å². The fourth-order valence-corrected chi connectivity index (χ4v) is 2.06. The number of aromatic amines is 1. The predicted molar refractivity (Wildman–Crippen MR) is 62.4 cm³/mol. The number of hydrogen-bond acceptors (Lipinski definition) is 4. The molecule has 0 spiro atoms. The SMILES string of the molecule is Cc1[nH]c2cc3c(cc2c(=O)c1C(=O)O)OCO3. The zero-order valence-electron chi connectivity index (χ0n) is 9.44. The summed E-state index contributed by atoms with van der Waals surface area (Å²) in [6, 6.07) is 3.14. The van der Waals surface area contributed by atoms with Crippen molar-refractivity contribution in [1.29, 1.82) is 0 Å². The molecular weight excluding hydrogens is 238 g/mol. The van der Waals surface area contributed by atoms with Crippen LogP contribution >= 0.6 is 0 Å². The van der Waals surface area contributed by atoms with Gasteiger partial charge in [0, 0.05) is 11.8 Å². The summed E-state index contributed by atoms with van der Waals surface area (Å²) in [5.74, 6) is -0.248. The molecule has 0 atom stereocenters. The standard InChI is InChI=1S/C12H9NO5/c1-5-10(12(15)16)11(14)6-2-8-9(18-4-17-8)3-7(6)13-5/h2-3H,4H2,1H3,(H,13,14)(H,15,16). The van der Waals surface area contributed by atoms with E-state index >= 15 is 0 Å². The molecule has 92 valence electrons. The lowest BCUT2D eigenvalue weighted by molar-refractivity contribution is 0.0694. The van der Waals surface area contributed by atoms with Gasteiger partial charge in [-0.15, -0.1) is 0 Å². The highest BCUT2D eigenvalue weighted by atomic mass is 16.7. The first kappa shape index (κ1) is 10.6. The van der Waals surface area contributed by atoms with Gasteiger partial charge in [-0.2, -0.15) is 0 Å². The van der Waals surface area contributed by atoms with Crippen molar-refractivity contribution in [3.8, 4) is 11.5 Å². The molecule has 18 heavy (non-hydrogen) atoms. The highest BCUT2D eigenvalue weighted by molar-refractivity contribution is 5.94. The number of pyridine rings is 1. The Kier molecular flexibility index (Phi) is 2.07. The zero-order chi connectivity index (χ0) is 12.9. The average molecular weight is 247 g/mol. The second-order valence-corrected chi connectivity index (χ2v) is 4.01. The van der Waals surface area contributed by atoms with Crippen LogP contribution in [0.2, 0.25) is 0 Å². The number of rotatable bonds is 1. The first-order valence-corrected chi connectivity index (χ1v) is 5.27. The molecule has 6 nitrogen and oxygen atoms in total. The Labute approximate surface area is 101 Å². The van der Waals surface area contributed by atoms with Crippen molar-refractivity contribution in [1.82, 2.24) is 4.98 Å². The van der Waals surface area contributed by atoms with Crippen LogP contribution in [0.5, 0.6) is 11.5 Å². The number of carboxylic acid groups (broad SMARTS) is 1. The van der Waals surface area contributed by atoms with Crippen LogP contribution in [0.4, 0.5) is 0 Å². The lowest BCUT2D eigenvalue weighted by Gasteiger charge is -2.05. The Hall–Kier alpha value is -2.50. The lowest BCUT2D eigenvalue weighted by atomic mass is 10.1. The Balaban J connectivity index is 2.42. The van der Waals surface area contributed by atoms with E-state index in [4.69, 9.17) is 14.6 Å². The number of aromatic nitrogens is 1. The van der Waals surface area contributed by atoms with E-state index in [1.165, 1.54) is 6.07 Å². The van der Waals surface area contributed by atoms with Gasteiger partial charge in [-0.05, 0) is 13.0 Å². The van der Waals surface area contributed by atoms with E-state index in [0.29, 0.717) is 22.7 Å². The normalized spacial score (nSPS) is 12.9. The first-order valence-electron chi connectivity index (χ1n) is 5.27. The van der Waals surface area contributed by atoms with E-state index in [1.54, 1.807) is 13.0 Å². The molecule has 2 aromatic rings. The second-order valence-electron chi connectivity index (χ2n) is 4.01. The number of aromatic carboxylic acids is 1. The van der Waals surface area contributed by atoms with Crippen molar-refractivity contribution < 1.29 is 19.4 Å². The fraction of sp³-hybridized carbons (Fsp3) is 0.167. The first-order chi connectivity index (χ1) is 8.58. The van der Waals surface area contributed by atoms with Crippen molar-refractivity contribution in [3.05, 3.63) is 33.6 Å². The van der Waals surface area contributed by atoms with Crippen LogP contribution in [-0.4, -0.2) is 22.9 Å². The third-order valence-corrected chi connectivity index (χ3v) is 2.90. The van der Waals surface area contributed by atoms with Crippen molar-refractivity contribution in [3.63, 3.8) is 0 Å². The number of benzene rings is 1. The Morgan fingerprint density at radius 1 is 1.33 bits per heavy atom. The van der Waals surface area contributed by atoms with Crippen LogP contribution in [-0.2, 0) is 0 Å². The maximum Gasteiger partial charge on any atom is 0.341 e. The molecule has 0 saturated heterocycles. The Morgan fingerprint density at radius 2 is 2.00 bits per heavy atom. The quantitative estimate of drug-likeness (QED) is 0.792. The topological polar surface area (TPSA) is 88.6 Å². The molecule has 6 heteroatoms. The summed E-state index contributed by atoms with van der Waals surface area (Å²) >= 11 is 0. The molecule has 0 fully saturated rings. The van der Waals surface area contributed by atoms with Crippen LogP contribution in [0, 0.1) is 6.92 Å². The molecule has 1 aliphatic heterocycles. The molecule has 0 radical (unpaired) electrons. The molecule has 0 unspecified atom stereocenters. The van der Waals surface area contributed by atoms with Crippen molar-refractivity contribution in [2.75, 3.05) is 6.79 Å². The minimum absolute atomic E-state index is 0.102. The Bertz CT molecular complexity index is 731. The molecule has 0 aliphatic carbocycles. The van der Waals surface area contributed by atoms with Gasteiger partial charge in [0.1, 0.15) is 5.56 Å². The van der Waals surface area contributed by atoms with Crippen LogP contribution in [0.25, 0.3) is 10.9 Å². The summed E-state index contributed by atoms with van der Waals surface area (Å²) in [5, 5.41) is 9.30. The zero-order valence-corrected chi connectivity index (χ0v) is 9.44. The summed E-state index contributed by atoms with van der Waals surface area (Å²) in [6.07, 6.45) is 0. The van der Waals surface area contributed by atoms with E-state index in [2.05, 4.69) is 4.98 Å². The number of carbonyl (C=O) groups is 1. The molecule has 1 aromatic carbocycles. The maximum atomic E-state index is 12.1. The van der Waals surface area contributed by atoms with Crippen LogP contribution < -0.4 is 14.9 Å². The van der Waals surface area contributed by atoms with Crippen molar-refractivity contribution >= 4 is 16.9 Å². The van der Waals surface area contributed by atoms with Crippen LogP contribution in [0.15, 0.2) is 16.9 Å². The number of aryl methyl sites for hydroxylation is 1. The highest BCUT2D eigenvalue weighted by Crippen LogP contribution is 2.34. The monoisotopic (exact) mass is 247 g/mol. The Morgan fingerprint density at radius 3 is 2.67 bits per heavy atom. The van der Waals surface area contributed by atoms with Crippen LogP contribution in [0.3, 0.4) is 0 Å². The molecule has 0 amide bonds. The number of ether oxygens (including phenoxy) is 2. The molecule has 1 aromatic heterocycles. The minimum Gasteiger partial charge on any atom is -0.477 e. The van der Waals surface area contributed by atoms with Gasteiger partial charge in [-0.25, -0.2) is 4.79 Å². The summed E-state index contributed by atoms with van der Waals surface area (Å²) in [6.45, 7) is 1.65. The average Bonchev–Trinajstić information content (AvgIpc) is 2.73. The van der Waals surface area contributed by atoms with Gasteiger partial charge in [-0.3, -0.25) is 4.79 Å². The number of hydrogen-bond donors (Lipinski definition) is 2. The van der Waals surface area contributed by atoms with Crippen molar-refractivity contribution in [2.24, 2.45) is 0 Å². The molecule has 1 aliphatic rings. The van der Waals surface area contributed by atoms with Gasteiger partial charge < -0.3 is 19.6 Å². The van der Waals surface area contributed by atoms with Gasteiger partial charge >= 0.3 is 5.97 Å². The molecule has 0 bridgehead atoms. The second kappa shape index (κ2) is 3.49. The van der Waals surface area contributed by atoms with Crippen LogP contribution in [0.1, 0.15) is 16.1 Å². The molecule has 0 saturated carbocycles. The van der Waals surface area contributed by atoms with Gasteiger partial charge in [-0.1, -0.05) is 0 Å². The maximum absolute atomic E-state index is 12.1. The summed E-state index contributed by atoms with van der Waals surface area (Å²) in [5.41, 5.74) is 0.0824. The van der Waals surface area contributed by atoms with E-state index in [1.807, 2.05) is 0 Å². The molecule has 3 rings (SSSR count). The fourth-order valence-electron chi connectivity index (χ4n) is 2.06. The highest BCUT2D eigenvalue weighted by Gasteiger charge is 2.20. The van der Waals surface area contributed by atoms with E-state index in [0.717, 1.165) is 0 Å². The van der Waals surface area contributed by atoms with Crippen molar-refractivity contribution in [2.45, 2.75) is 6.92 Å². The minimum atomic E-state index is -1.24. The number of carboxylic acids is 1. The largest absolute Gasteiger partial charge is 0.477 e. The van der Waals surface area contributed by atoms with E-state index in [9.17, 15) is 9.59 Å². The summed E-state index contributed by atoms with van der Waals surface area (Å²) < 4.78 is 10.4. The van der Waals surface area contributed by atoms with Gasteiger partial charge in [0.2, 0.25) is 12.2 Å². The third-order valence-electron chi connectivity index (χ3n) is 2.90. The summed E-state index contributed by atoms with van der Waals surface area (Å²) in [7, 11) is 0. The summed E-state index contributed by atoms with van der Waals surface area (Å²) in [4.78, 5) is 26.0. The molecule has 2 N–H and O–H groups in total. The molecule has 2 heterocycles. The predicted octanol–water partition coefficient (Wildman–Crippen LogP) is 1.26.